The molecular weight excluding hydrogens is 564 g/mol. The zero-order chi connectivity index (χ0) is 31.8. The molecule has 15 heteroatoms. The first-order chi connectivity index (χ1) is 20.6. The summed E-state index contributed by atoms with van der Waals surface area (Å²) in [4.78, 5) is 70.4. The fraction of sp³-hybridized carbons (Fsp3) is 0.464. The average molecular weight is 603 g/mol. The molecule has 1 saturated heterocycles. The van der Waals surface area contributed by atoms with Crippen LogP contribution >= 0.6 is 0 Å². The van der Waals surface area contributed by atoms with E-state index in [1.807, 2.05) is 37.3 Å². The molecule has 0 bridgehead atoms. The lowest BCUT2D eigenvalue weighted by Crippen LogP contribution is -2.56. The van der Waals surface area contributed by atoms with E-state index in [0.29, 0.717) is 23.8 Å². The van der Waals surface area contributed by atoms with Gasteiger partial charge in [-0.25, -0.2) is 14.8 Å². The third kappa shape index (κ3) is 11.2. The molecule has 3 amide bonds. The maximum atomic E-state index is 13.4. The number of anilines is 1. The first-order valence-corrected chi connectivity index (χ1v) is 13.6. The minimum atomic E-state index is -1.10. The number of carbonyl (C=O) groups is 5. The molecular formula is C28H38N6O9. The SMILES string of the molecule is CCOC(=O)N1CCN(C(=O)C(CCC(=O)O)NC(=O)c2cc(NC(C)COC)nc(-c3ccccc3)n2)CC1.O=CO. The van der Waals surface area contributed by atoms with Gasteiger partial charge in [0.2, 0.25) is 5.91 Å². The molecule has 1 aromatic heterocycles. The van der Waals surface area contributed by atoms with Crippen LogP contribution in [-0.2, 0) is 23.9 Å². The summed E-state index contributed by atoms with van der Waals surface area (Å²) in [6, 6.07) is 9.40. The number of rotatable bonds is 12. The lowest BCUT2D eigenvalue weighted by molar-refractivity contribution is -0.138. The van der Waals surface area contributed by atoms with E-state index >= 15 is 0 Å². The van der Waals surface area contributed by atoms with Gasteiger partial charge in [-0.3, -0.25) is 19.2 Å². The molecule has 1 aliphatic heterocycles. The Hall–Kier alpha value is -4.79. The predicted molar refractivity (Wildman–Crippen MR) is 154 cm³/mol. The first-order valence-electron chi connectivity index (χ1n) is 13.6. The van der Waals surface area contributed by atoms with Gasteiger partial charge in [0.15, 0.2) is 5.82 Å². The number of hydrogen-bond acceptors (Lipinski definition) is 10. The quantitative estimate of drug-likeness (QED) is 0.256. The van der Waals surface area contributed by atoms with Crippen molar-refractivity contribution >= 4 is 36.2 Å². The van der Waals surface area contributed by atoms with E-state index < -0.39 is 29.9 Å². The van der Waals surface area contributed by atoms with Gasteiger partial charge >= 0.3 is 12.1 Å². The largest absolute Gasteiger partial charge is 0.483 e. The van der Waals surface area contributed by atoms with Gasteiger partial charge in [0.1, 0.15) is 17.6 Å². The van der Waals surface area contributed by atoms with Crippen LogP contribution in [0.3, 0.4) is 0 Å². The van der Waals surface area contributed by atoms with E-state index in [2.05, 4.69) is 20.6 Å². The molecule has 234 valence electrons. The van der Waals surface area contributed by atoms with Crippen LogP contribution in [0.15, 0.2) is 36.4 Å². The predicted octanol–water partition coefficient (Wildman–Crippen LogP) is 1.56. The van der Waals surface area contributed by atoms with Crippen LogP contribution in [0.4, 0.5) is 10.6 Å². The van der Waals surface area contributed by atoms with Crippen LogP contribution in [0, 0.1) is 0 Å². The minimum absolute atomic E-state index is 0.0150. The lowest BCUT2D eigenvalue weighted by atomic mass is 10.1. The van der Waals surface area contributed by atoms with E-state index in [1.165, 1.54) is 15.9 Å². The Bertz CT molecular complexity index is 1220. The Labute approximate surface area is 249 Å². The van der Waals surface area contributed by atoms with E-state index in [0.717, 1.165) is 0 Å². The molecule has 1 aromatic carbocycles. The van der Waals surface area contributed by atoms with Crippen molar-refractivity contribution in [2.45, 2.75) is 38.8 Å². The monoisotopic (exact) mass is 602 g/mol. The summed E-state index contributed by atoms with van der Waals surface area (Å²) in [5.41, 5.74) is 0.707. The molecule has 1 aliphatic rings. The fourth-order valence-electron chi connectivity index (χ4n) is 4.20. The Kier molecular flexibility index (Phi) is 14.3. The third-order valence-electron chi connectivity index (χ3n) is 6.17. The number of carbonyl (C=O) groups excluding carboxylic acids is 3. The molecule has 3 rings (SSSR count). The minimum Gasteiger partial charge on any atom is -0.483 e. The van der Waals surface area contributed by atoms with Gasteiger partial charge in [-0.15, -0.1) is 0 Å². The molecule has 43 heavy (non-hydrogen) atoms. The van der Waals surface area contributed by atoms with Gasteiger partial charge in [0, 0.05) is 57.4 Å². The second-order valence-corrected chi connectivity index (χ2v) is 9.40. The highest BCUT2D eigenvalue weighted by Crippen LogP contribution is 2.19. The third-order valence-corrected chi connectivity index (χ3v) is 6.17. The van der Waals surface area contributed by atoms with E-state index in [-0.39, 0.29) is 63.8 Å². The van der Waals surface area contributed by atoms with Crippen LogP contribution in [0.2, 0.25) is 0 Å². The number of piperazine rings is 1. The number of nitrogens with zero attached hydrogens (tertiary/aromatic N) is 4. The van der Waals surface area contributed by atoms with Crippen LogP contribution in [0.25, 0.3) is 11.4 Å². The number of hydrogen-bond donors (Lipinski definition) is 4. The summed E-state index contributed by atoms with van der Waals surface area (Å²) in [6.07, 6.45) is -0.877. The Morgan fingerprint density at radius 1 is 1.07 bits per heavy atom. The molecule has 2 heterocycles. The number of ether oxygens (including phenoxy) is 2. The molecule has 2 aromatic rings. The second kappa shape index (κ2) is 17.9. The number of carboxylic acid groups (broad SMARTS) is 2. The van der Waals surface area contributed by atoms with Crippen molar-refractivity contribution in [3.63, 3.8) is 0 Å². The Balaban J connectivity index is 0.00000206. The Morgan fingerprint density at radius 2 is 1.70 bits per heavy atom. The normalized spacial score (nSPS) is 13.9. The fourth-order valence-corrected chi connectivity index (χ4v) is 4.20. The molecule has 2 atom stereocenters. The number of benzene rings is 1. The molecule has 4 N–H and O–H groups in total. The maximum absolute atomic E-state index is 13.4. The van der Waals surface area contributed by atoms with Gasteiger partial charge in [0.05, 0.1) is 13.2 Å². The number of aromatic nitrogens is 2. The van der Waals surface area contributed by atoms with Crippen molar-refractivity contribution < 1.29 is 43.7 Å². The van der Waals surface area contributed by atoms with Gasteiger partial charge < -0.3 is 40.1 Å². The highest BCUT2D eigenvalue weighted by Gasteiger charge is 2.31. The lowest BCUT2D eigenvalue weighted by Gasteiger charge is -2.35. The van der Waals surface area contributed by atoms with Crippen molar-refractivity contribution in [3.8, 4) is 11.4 Å². The van der Waals surface area contributed by atoms with Crippen molar-refractivity contribution in [1.82, 2.24) is 25.1 Å². The molecule has 0 radical (unpaired) electrons. The first kappa shape index (κ1) is 34.4. The van der Waals surface area contributed by atoms with E-state index in [4.69, 9.17) is 19.4 Å². The van der Waals surface area contributed by atoms with Gasteiger partial charge in [0.25, 0.3) is 12.4 Å². The average Bonchev–Trinajstić information content (AvgIpc) is 2.99. The van der Waals surface area contributed by atoms with Gasteiger partial charge in [-0.05, 0) is 20.3 Å². The summed E-state index contributed by atoms with van der Waals surface area (Å²) in [5.74, 6) is -1.46. The molecule has 0 aliphatic carbocycles. The molecule has 0 saturated carbocycles. The van der Waals surface area contributed by atoms with Crippen LogP contribution in [-0.4, -0.2) is 119 Å². The number of nitrogens with one attached hydrogen (secondary N) is 2. The molecule has 2 unspecified atom stereocenters. The van der Waals surface area contributed by atoms with Crippen molar-refractivity contribution in [2.24, 2.45) is 0 Å². The summed E-state index contributed by atoms with van der Waals surface area (Å²) >= 11 is 0. The summed E-state index contributed by atoms with van der Waals surface area (Å²) in [5, 5.41) is 22.0. The number of aliphatic carboxylic acids is 1. The van der Waals surface area contributed by atoms with Gasteiger partial charge in [-0.1, -0.05) is 30.3 Å². The van der Waals surface area contributed by atoms with E-state index in [1.54, 1.807) is 14.0 Å². The van der Waals surface area contributed by atoms with Gasteiger partial charge in [-0.2, -0.15) is 0 Å². The molecule has 15 nitrogen and oxygen atoms in total. The van der Waals surface area contributed by atoms with Crippen molar-refractivity contribution in [2.75, 3.05) is 51.8 Å². The van der Waals surface area contributed by atoms with Crippen molar-refractivity contribution in [1.29, 1.82) is 0 Å². The highest BCUT2D eigenvalue weighted by molar-refractivity contribution is 5.97. The summed E-state index contributed by atoms with van der Waals surface area (Å²) in [7, 11) is 1.58. The highest BCUT2D eigenvalue weighted by atomic mass is 16.6. The van der Waals surface area contributed by atoms with E-state index in [9.17, 15) is 24.3 Å². The van der Waals surface area contributed by atoms with Crippen LogP contribution in [0.5, 0.6) is 0 Å². The standard InChI is InChI=1S/C27H36N6O7.CH2O2/c1-4-40-27(38)33-14-12-32(13-15-33)26(37)20(10-11-23(34)35)30-25(36)21-16-22(28-18(2)17-39-3)31-24(29-21)19-8-6-5-7-9-19;2-1-3/h5-9,16,18,20H,4,10-15,17H2,1-3H3,(H,30,36)(H,34,35)(H,28,29,31);1H,(H,2,3). The summed E-state index contributed by atoms with van der Waals surface area (Å²) in [6.45, 7) is 5.02. The topological polar surface area (TPSA) is 201 Å². The number of amides is 3. The van der Waals surface area contributed by atoms with Crippen LogP contribution in [0.1, 0.15) is 37.2 Å². The summed E-state index contributed by atoms with van der Waals surface area (Å²) < 4.78 is 10.2. The second-order valence-electron chi connectivity index (χ2n) is 9.40. The van der Waals surface area contributed by atoms with Crippen molar-refractivity contribution in [3.05, 3.63) is 42.1 Å². The van der Waals surface area contributed by atoms with Crippen LogP contribution < -0.4 is 10.6 Å². The molecule has 0 spiro atoms. The zero-order valence-corrected chi connectivity index (χ0v) is 24.4. The number of methoxy groups -OCH3 is 1. The molecule has 1 fully saturated rings. The Morgan fingerprint density at radius 3 is 2.28 bits per heavy atom. The smallest absolute Gasteiger partial charge is 0.409 e. The number of carboxylic acids is 1. The zero-order valence-electron chi connectivity index (χ0n) is 24.4. The maximum Gasteiger partial charge on any atom is 0.409 e.